The highest BCUT2D eigenvalue weighted by atomic mass is 35.5. The van der Waals surface area contributed by atoms with Crippen molar-refractivity contribution in [2.75, 3.05) is 6.54 Å². The number of aromatic nitrogens is 2. The molecule has 0 saturated carbocycles. The first kappa shape index (κ1) is 15.4. The topological polar surface area (TPSA) is 77.8 Å². The SMILES string of the molecule is O=C(Cc1ccc2[nH]c(=O)[nH]c2c1)NCCc1ccc(Cl)cc1. The molecule has 3 N–H and O–H groups in total. The predicted molar refractivity (Wildman–Crippen MR) is 90.8 cm³/mol. The molecule has 0 radical (unpaired) electrons. The second kappa shape index (κ2) is 6.71. The van der Waals surface area contributed by atoms with Crippen LogP contribution in [0.4, 0.5) is 0 Å². The largest absolute Gasteiger partial charge is 0.355 e. The first-order valence-corrected chi connectivity index (χ1v) is 7.70. The van der Waals surface area contributed by atoms with Crippen molar-refractivity contribution < 1.29 is 4.79 Å². The van der Waals surface area contributed by atoms with Gasteiger partial charge >= 0.3 is 5.69 Å². The zero-order chi connectivity index (χ0) is 16.2. The van der Waals surface area contributed by atoms with Crippen LogP contribution in [0.1, 0.15) is 11.1 Å². The summed E-state index contributed by atoms with van der Waals surface area (Å²) in [6.45, 7) is 0.573. The van der Waals surface area contributed by atoms with Gasteiger partial charge in [-0.15, -0.1) is 0 Å². The van der Waals surface area contributed by atoms with Crippen molar-refractivity contribution in [1.82, 2.24) is 15.3 Å². The number of rotatable bonds is 5. The lowest BCUT2D eigenvalue weighted by molar-refractivity contribution is -0.120. The normalized spacial score (nSPS) is 10.8. The summed E-state index contributed by atoms with van der Waals surface area (Å²) in [5, 5.41) is 3.60. The van der Waals surface area contributed by atoms with E-state index < -0.39 is 0 Å². The van der Waals surface area contributed by atoms with E-state index in [1.54, 1.807) is 6.07 Å². The smallest absolute Gasteiger partial charge is 0.323 e. The second-order valence-corrected chi connectivity index (χ2v) is 5.80. The summed E-state index contributed by atoms with van der Waals surface area (Å²) in [5.74, 6) is -0.0452. The van der Waals surface area contributed by atoms with Crippen LogP contribution in [0.2, 0.25) is 5.02 Å². The average molecular weight is 330 g/mol. The van der Waals surface area contributed by atoms with Crippen molar-refractivity contribution in [3.05, 3.63) is 69.1 Å². The van der Waals surface area contributed by atoms with Crippen molar-refractivity contribution in [2.24, 2.45) is 0 Å². The summed E-state index contributed by atoms with van der Waals surface area (Å²) >= 11 is 5.84. The lowest BCUT2D eigenvalue weighted by Crippen LogP contribution is -2.27. The molecule has 0 aliphatic carbocycles. The Labute approximate surface area is 137 Å². The molecular weight excluding hydrogens is 314 g/mol. The maximum Gasteiger partial charge on any atom is 0.323 e. The Morgan fingerprint density at radius 3 is 2.48 bits per heavy atom. The minimum absolute atomic E-state index is 0.0452. The number of nitrogens with one attached hydrogen (secondary N) is 3. The molecule has 1 heterocycles. The number of H-pyrrole nitrogens is 2. The molecule has 0 aliphatic heterocycles. The number of benzene rings is 2. The Morgan fingerprint density at radius 2 is 1.70 bits per heavy atom. The Hall–Kier alpha value is -2.53. The van der Waals surface area contributed by atoms with Crippen molar-refractivity contribution in [1.29, 1.82) is 0 Å². The van der Waals surface area contributed by atoms with Gasteiger partial charge in [-0.1, -0.05) is 29.8 Å². The van der Waals surface area contributed by atoms with Crippen LogP contribution < -0.4 is 11.0 Å². The molecular formula is C17H16ClN3O2. The van der Waals surface area contributed by atoms with Gasteiger partial charge in [0.1, 0.15) is 0 Å². The van der Waals surface area contributed by atoms with Gasteiger partial charge in [-0.2, -0.15) is 0 Å². The van der Waals surface area contributed by atoms with Gasteiger partial charge in [0.05, 0.1) is 17.5 Å². The van der Waals surface area contributed by atoms with Crippen molar-refractivity contribution in [3.63, 3.8) is 0 Å². The molecule has 0 spiro atoms. The van der Waals surface area contributed by atoms with Crippen LogP contribution >= 0.6 is 11.6 Å². The van der Waals surface area contributed by atoms with E-state index in [1.165, 1.54) is 0 Å². The van der Waals surface area contributed by atoms with E-state index in [0.29, 0.717) is 17.1 Å². The lowest BCUT2D eigenvalue weighted by Gasteiger charge is -2.06. The molecule has 0 aliphatic rings. The summed E-state index contributed by atoms with van der Waals surface area (Å²) in [5.41, 5.74) is 3.19. The number of aromatic amines is 2. The number of imidazole rings is 1. The van der Waals surface area contributed by atoms with Gasteiger partial charge in [0, 0.05) is 11.6 Å². The van der Waals surface area contributed by atoms with Crippen LogP contribution in [0.25, 0.3) is 11.0 Å². The molecule has 0 atom stereocenters. The van der Waals surface area contributed by atoms with Gasteiger partial charge in [-0.25, -0.2) is 4.79 Å². The zero-order valence-electron chi connectivity index (χ0n) is 12.4. The van der Waals surface area contributed by atoms with E-state index >= 15 is 0 Å². The molecule has 0 bridgehead atoms. The molecule has 3 aromatic rings. The van der Waals surface area contributed by atoms with E-state index in [0.717, 1.165) is 23.1 Å². The fourth-order valence-electron chi connectivity index (χ4n) is 2.43. The minimum atomic E-state index is -0.246. The molecule has 0 unspecified atom stereocenters. The van der Waals surface area contributed by atoms with Crippen molar-refractivity contribution >= 4 is 28.5 Å². The van der Waals surface area contributed by atoms with E-state index in [2.05, 4.69) is 15.3 Å². The van der Waals surface area contributed by atoms with Crippen molar-refractivity contribution in [2.45, 2.75) is 12.8 Å². The third kappa shape index (κ3) is 4.02. The first-order chi connectivity index (χ1) is 11.1. The van der Waals surface area contributed by atoms with Gasteiger partial charge < -0.3 is 15.3 Å². The molecule has 0 saturated heterocycles. The predicted octanol–water partition coefficient (Wildman–Crippen LogP) is 2.41. The Bertz CT molecular complexity index is 881. The standard InChI is InChI=1S/C17H16ClN3O2/c18-13-4-1-11(2-5-13)7-8-19-16(22)10-12-3-6-14-15(9-12)21-17(23)20-14/h1-6,9H,7-8,10H2,(H,19,22)(H2,20,21,23). The number of carbonyl (C=O) groups is 1. The summed E-state index contributed by atoms with van der Waals surface area (Å²) < 4.78 is 0. The van der Waals surface area contributed by atoms with Crippen LogP contribution in [0, 0.1) is 0 Å². The van der Waals surface area contributed by atoms with Gasteiger partial charge in [-0.05, 0) is 41.8 Å². The van der Waals surface area contributed by atoms with Crippen LogP contribution in [0.5, 0.6) is 0 Å². The fraction of sp³-hybridized carbons (Fsp3) is 0.176. The van der Waals surface area contributed by atoms with E-state index in [-0.39, 0.29) is 18.0 Å². The maximum atomic E-state index is 12.0. The number of carbonyl (C=O) groups excluding carboxylic acids is 1. The first-order valence-electron chi connectivity index (χ1n) is 7.32. The van der Waals surface area contributed by atoms with E-state index in [9.17, 15) is 9.59 Å². The van der Waals surface area contributed by atoms with Crippen LogP contribution in [-0.4, -0.2) is 22.4 Å². The Balaban J connectivity index is 1.53. The number of amides is 1. The van der Waals surface area contributed by atoms with Gasteiger partial charge in [0.15, 0.2) is 0 Å². The number of hydrogen-bond donors (Lipinski definition) is 3. The van der Waals surface area contributed by atoms with Crippen LogP contribution in [0.15, 0.2) is 47.3 Å². The lowest BCUT2D eigenvalue weighted by atomic mass is 10.1. The third-order valence-corrected chi connectivity index (χ3v) is 3.85. The molecule has 1 amide bonds. The number of fused-ring (bicyclic) bond motifs is 1. The van der Waals surface area contributed by atoms with Gasteiger partial charge in [0.2, 0.25) is 5.91 Å². The number of hydrogen-bond acceptors (Lipinski definition) is 2. The highest BCUT2D eigenvalue weighted by Gasteiger charge is 2.05. The molecule has 0 fully saturated rings. The Morgan fingerprint density at radius 1 is 1.00 bits per heavy atom. The number of halogens is 1. The third-order valence-electron chi connectivity index (χ3n) is 3.59. The molecule has 118 valence electrons. The summed E-state index contributed by atoms with van der Waals surface area (Å²) in [7, 11) is 0. The molecule has 3 rings (SSSR count). The van der Waals surface area contributed by atoms with Crippen LogP contribution in [-0.2, 0) is 17.6 Å². The van der Waals surface area contributed by atoms with Gasteiger partial charge in [0.25, 0.3) is 0 Å². The van der Waals surface area contributed by atoms with E-state index in [1.807, 2.05) is 36.4 Å². The van der Waals surface area contributed by atoms with E-state index in [4.69, 9.17) is 11.6 Å². The molecule has 6 heteroatoms. The highest BCUT2D eigenvalue weighted by molar-refractivity contribution is 6.30. The fourth-order valence-corrected chi connectivity index (χ4v) is 2.56. The van der Waals surface area contributed by atoms with Crippen molar-refractivity contribution in [3.8, 4) is 0 Å². The summed E-state index contributed by atoms with van der Waals surface area (Å²) in [4.78, 5) is 28.6. The summed E-state index contributed by atoms with van der Waals surface area (Å²) in [6.07, 6.45) is 1.04. The van der Waals surface area contributed by atoms with Crippen LogP contribution in [0.3, 0.4) is 0 Å². The maximum absolute atomic E-state index is 12.0. The molecule has 5 nitrogen and oxygen atoms in total. The minimum Gasteiger partial charge on any atom is -0.355 e. The molecule has 2 aromatic carbocycles. The zero-order valence-corrected chi connectivity index (χ0v) is 13.1. The van der Waals surface area contributed by atoms with Gasteiger partial charge in [-0.3, -0.25) is 4.79 Å². The average Bonchev–Trinajstić information content (AvgIpc) is 2.88. The summed E-state index contributed by atoms with van der Waals surface area (Å²) in [6, 6.07) is 13.0. The second-order valence-electron chi connectivity index (χ2n) is 5.36. The Kier molecular flexibility index (Phi) is 4.48. The molecule has 1 aromatic heterocycles. The quantitative estimate of drug-likeness (QED) is 0.672. The highest BCUT2D eigenvalue weighted by Crippen LogP contribution is 2.11. The monoisotopic (exact) mass is 329 g/mol. The molecule has 23 heavy (non-hydrogen) atoms.